The highest BCUT2D eigenvalue weighted by molar-refractivity contribution is 7.82. The molecule has 1 fully saturated rings. The summed E-state index contributed by atoms with van der Waals surface area (Å²) in [5.74, 6) is 0. The van der Waals surface area contributed by atoms with Crippen molar-refractivity contribution in [1.29, 1.82) is 0 Å². The minimum atomic E-state index is -1.50. The van der Waals surface area contributed by atoms with Crippen LogP contribution < -0.4 is 0 Å². The molecule has 0 N–H and O–H groups in total. The van der Waals surface area contributed by atoms with Crippen molar-refractivity contribution in [1.82, 2.24) is 0 Å². The van der Waals surface area contributed by atoms with Crippen LogP contribution in [0.15, 0.2) is 0 Å². The Morgan fingerprint density at radius 1 is 1.11 bits per heavy atom. The zero-order chi connectivity index (χ0) is 14.2. The first kappa shape index (κ1) is 16.9. The van der Waals surface area contributed by atoms with Gasteiger partial charge in [0.15, 0.2) is 8.32 Å². The zero-order valence-electron chi connectivity index (χ0n) is 12.8. The van der Waals surface area contributed by atoms with Crippen LogP contribution in [0.3, 0.4) is 0 Å². The molecule has 1 nitrogen and oxygen atoms in total. The van der Waals surface area contributed by atoms with E-state index in [2.05, 4.69) is 40.8 Å². The Morgan fingerprint density at radius 3 is 1.89 bits per heavy atom. The van der Waals surface area contributed by atoms with Crippen LogP contribution >= 0.6 is 25.3 Å². The largest absolute Gasteiger partial charge is 0.412 e. The molecule has 1 saturated heterocycles. The lowest BCUT2D eigenvalue weighted by atomic mass is 9.65. The summed E-state index contributed by atoms with van der Waals surface area (Å²) in [5, 5.41) is 0.722. The van der Waals surface area contributed by atoms with E-state index in [4.69, 9.17) is 29.7 Å². The SMILES string of the molecule is CCC(S)C1(C(S)CC)CC[Si](C)(C)OC1(C)C. The summed E-state index contributed by atoms with van der Waals surface area (Å²) in [7, 11) is -1.50. The van der Waals surface area contributed by atoms with Gasteiger partial charge in [-0.05, 0) is 52.2 Å². The fourth-order valence-electron chi connectivity index (χ4n) is 3.73. The van der Waals surface area contributed by atoms with Crippen LogP contribution in [-0.2, 0) is 4.43 Å². The van der Waals surface area contributed by atoms with Crippen molar-refractivity contribution >= 4 is 33.6 Å². The molecular weight excluding hydrogens is 276 g/mol. The van der Waals surface area contributed by atoms with Gasteiger partial charge < -0.3 is 4.43 Å². The Morgan fingerprint density at radius 2 is 1.56 bits per heavy atom. The van der Waals surface area contributed by atoms with Gasteiger partial charge in [-0.15, -0.1) is 0 Å². The summed E-state index contributed by atoms with van der Waals surface area (Å²) in [6.07, 6.45) is 3.37. The summed E-state index contributed by atoms with van der Waals surface area (Å²) in [6, 6.07) is 1.23. The molecule has 1 aliphatic heterocycles. The molecule has 0 saturated carbocycles. The van der Waals surface area contributed by atoms with Gasteiger partial charge in [-0.25, -0.2) is 0 Å². The van der Waals surface area contributed by atoms with Crippen molar-refractivity contribution < 1.29 is 4.43 Å². The van der Waals surface area contributed by atoms with Gasteiger partial charge in [0.05, 0.1) is 5.60 Å². The second-order valence-electron chi connectivity index (χ2n) is 6.76. The van der Waals surface area contributed by atoms with E-state index in [1.54, 1.807) is 0 Å². The highest BCUT2D eigenvalue weighted by atomic mass is 32.1. The molecular formula is C14H30OS2Si. The third kappa shape index (κ3) is 2.81. The van der Waals surface area contributed by atoms with Crippen LogP contribution in [0.25, 0.3) is 0 Å². The second kappa shape index (κ2) is 5.70. The van der Waals surface area contributed by atoms with Crippen LogP contribution in [0.4, 0.5) is 0 Å². The molecule has 18 heavy (non-hydrogen) atoms. The second-order valence-corrected chi connectivity index (χ2v) is 12.2. The Kier molecular flexibility index (Phi) is 5.37. The minimum absolute atomic E-state index is 0.0885. The van der Waals surface area contributed by atoms with Crippen molar-refractivity contribution in [2.24, 2.45) is 5.41 Å². The molecule has 0 aromatic carbocycles. The van der Waals surface area contributed by atoms with Gasteiger partial charge in [-0.2, -0.15) is 25.3 Å². The molecule has 0 bridgehead atoms. The molecule has 0 aromatic rings. The first-order chi connectivity index (χ1) is 8.13. The van der Waals surface area contributed by atoms with E-state index >= 15 is 0 Å². The average molecular weight is 307 g/mol. The van der Waals surface area contributed by atoms with E-state index in [-0.39, 0.29) is 11.0 Å². The number of rotatable bonds is 4. The topological polar surface area (TPSA) is 9.23 Å². The summed E-state index contributed by atoms with van der Waals surface area (Å²) in [6.45, 7) is 13.6. The van der Waals surface area contributed by atoms with E-state index in [1.807, 2.05) is 0 Å². The maximum absolute atomic E-state index is 6.56. The molecule has 108 valence electrons. The lowest BCUT2D eigenvalue weighted by Crippen LogP contribution is -2.63. The van der Waals surface area contributed by atoms with Crippen LogP contribution in [-0.4, -0.2) is 24.4 Å². The molecule has 0 aromatic heterocycles. The smallest absolute Gasteiger partial charge is 0.187 e. The van der Waals surface area contributed by atoms with Gasteiger partial charge in [0.2, 0.25) is 0 Å². The van der Waals surface area contributed by atoms with Crippen molar-refractivity contribution in [3.8, 4) is 0 Å². The molecule has 2 unspecified atom stereocenters. The lowest BCUT2D eigenvalue weighted by molar-refractivity contribution is -0.0642. The fourth-order valence-corrected chi connectivity index (χ4v) is 7.78. The van der Waals surface area contributed by atoms with Crippen LogP contribution in [0, 0.1) is 5.41 Å². The minimum Gasteiger partial charge on any atom is -0.412 e. The molecule has 0 aliphatic carbocycles. The highest BCUT2D eigenvalue weighted by Gasteiger charge is 2.57. The molecule has 0 radical (unpaired) electrons. The Labute approximate surface area is 125 Å². The van der Waals surface area contributed by atoms with Gasteiger partial charge in [0, 0.05) is 15.9 Å². The monoisotopic (exact) mass is 306 g/mol. The Balaban J connectivity index is 3.18. The van der Waals surface area contributed by atoms with Gasteiger partial charge >= 0.3 is 0 Å². The molecule has 0 spiro atoms. The predicted molar refractivity (Wildman–Crippen MR) is 90.6 cm³/mol. The molecule has 2 atom stereocenters. The highest BCUT2D eigenvalue weighted by Crippen LogP contribution is 2.55. The van der Waals surface area contributed by atoms with Crippen LogP contribution in [0.1, 0.15) is 47.0 Å². The third-order valence-corrected chi connectivity index (χ3v) is 8.92. The summed E-state index contributed by atoms with van der Waals surface area (Å²) in [4.78, 5) is 0. The van der Waals surface area contributed by atoms with Crippen molar-refractivity contribution in [3.63, 3.8) is 0 Å². The van der Waals surface area contributed by atoms with Gasteiger partial charge in [-0.3, -0.25) is 0 Å². The lowest BCUT2D eigenvalue weighted by Gasteiger charge is -2.59. The van der Waals surface area contributed by atoms with E-state index < -0.39 is 8.32 Å². The first-order valence-corrected chi connectivity index (χ1v) is 11.3. The van der Waals surface area contributed by atoms with Crippen LogP contribution in [0.5, 0.6) is 0 Å². The molecule has 1 rings (SSSR count). The first-order valence-electron chi connectivity index (χ1n) is 7.19. The van der Waals surface area contributed by atoms with Crippen molar-refractivity contribution in [2.75, 3.05) is 0 Å². The average Bonchev–Trinajstić information content (AvgIpc) is 2.25. The third-order valence-electron chi connectivity index (χ3n) is 4.76. The van der Waals surface area contributed by atoms with Crippen molar-refractivity contribution in [3.05, 3.63) is 0 Å². The normalized spacial score (nSPS) is 34.0. The quantitative estimate of drug-likeness (QED) is 0.560. The van der Waals surface area contributed by atoms with E-state index in [0.717, 1.165) is 12.8 Å². The maximum Gasteiger partial charge on any atom is 0.187 e. The maximum atomic E-state index is 6.56. The molecule has 1 heterocycles. The van der Waals surface area contributed by atoms with E-state index in [9.17, 15) is 0 Å². The van der Waals surface area contributed by atoms with Crippen LogP contribution in [0.2, 0.25) is 19.1 Å². The van der Waals surface area contributed by atoms with E-state index in [1.165, 1.54) is 12.5 Å². The van der Waals surface area contributed by atoms with Crippen molar-refractivity contribution in [2.45, 2.75) is 82.2 Å². The van der Waals surface area contributed by atoms with Gasteiger partial charge in [0.1, 0.15) is 0 Å². The molecule has 0 amide bonds. The number of hydrogen-bond acceptors (Lipinski definition) is 3. The van der Waals surface area contributed by atoms with Gasteiger partial charge in [0.25, 0.3) is 0 Å². The van der Waals surface area contributed by atoms with E-state index in [0.29, 0.717) is 10.5 Å². The summed E-state index contributed by atoms with van der Waals surface area (Å²) in [5.41, 5.74) is -0.0307. The summed E-state index contributed by atoms with van der Waals surface area (Å²) >= 11 is 9.82. The van der Waals surface area contributed by atoms with Gasteiger partial charge in [-0.1, -0.05) is 13.8 Å². The fraction of sp³-hybridized carbons (Fsp3) is 1.00. The number of hydrogen-bond donors (Lipinski definition) is 2. The number of thiol groups is 2. The zero-order valence-corrected chi connectivity index (χ0v) is 15.6. The molecule has 4 heteroatoms. The Bertz CT molecular complexity index is 282. The summed E-state index contributed by atoms with van der Waals surface area (Å²) < 4.78 is 6.56. The standard InChI is InChI=1S/C14H30OS2Si/c1-7-11(16)14(12(17)8-2)9-10-18(5,6)15-13(14,3)4/h11-12,16-17H,7-10H2,1-6H3. The predicted octanol–water partition coefficient (Wildman–Crippen LogP) is 4.79. The Hall–Kier alpha value is 0.877. The molecule has 1 aliphatic rings.